The third-order valence-electron chi connectivity index (χ3n) is 2.57. The standard InChI is InChI=1S/C13H29ClO3Si3/c1-6-15-20(9-7-8-14,16-18-10-12(2)3)17-19-11-13(4)5/h10-11H,6-9,18-19H2,1-5H3. The van der Waals surface area contributed by atoms with E-state index in [0.717, 1.165) is 12.5 Å². The van der Waals surface area contributed by atoms with Crippen molar-refractivity contribution in [2.24, 2.45) is 0 Å². The van der Waals surface area contributed by atoms with E-state index in [2.05, 4.69) is 39.1 Å². The molecule has 0 aliphatic rings. The molecule has 0 rings (SSSR count). The second-order valence-corrected chi connectivity index (χ2v) is 11.4. The van der Waals surface area contributed by atoms with Crippen molar-refractivity contribution in [3.05, 3.63) is 22.5 Å². The van der Waals surface area contributed by atoms with Crippen LogP contribution in [0.3, 0.4) is 0 Å². The Balaban J connectivity index is 4.72. The van der Waals surface area contributed by atoms with Gasteiger partial charge in [-0.05, 0) is 41.0 Å². The van der Waals surface area contributed by atoms with E-state index in [-0.39, 0.29) is 0 Å². The van der Waals surface area contributed by atoms with Gasteiger partial charge >= 0.3 is 8.80 Å². The molecule has 0 atom stereocenters. The van der Waals surface area contributed by atoms with Gasteiger partial charge in [-0.2, -0.15) is 0 Å². The Morgan fingerprint density at radius 2 is 1.55 bits per heavy atom. The zero-order valence-corrected chi connectivity index (χ0v) is 18.1. The SMILES string of the molecule is CCO[Si](CCCCl)(O[SiH2]C=C(C)C)O[SiH2]C=C(C)C. The van der Waals surface area contributed by atoms with Gasteiger partial charge in [-0.3, -0.25) is 0 Å². The minimum absolute atomic E-state index is 0.628. The highest BCUT2D eigenvalue weighted by molar-refractivity contribution is 6.71. The quantitative estimate of drug-likeness (QED) is 0.422. The zero-order chi connectivity index (χ0) is 15.4. The maximum atomic E-state index is 6.17. The maximum absolute atomic E-state index is 6.17. The van der Waals surface area contributed by atoms with E-state index in [4.69, 9.17) is 24.3 Å². The summed E-state index contributed by atoms with van der Waals surface area (Å²) in [6.45, 7) is 11.0. The summed E-state index contributed by atoms with van der Waals surface area (Å²) in [6, 6.07) is 0.831. The molecule has 0 aromatic rings. The van der Waals surface area contributed by atoms with Gasteiger partial charge in [0, 0.05) is 18.5 Å². The molecule has 0 amide bonds. The van der Waals surface area contributed by atoms with Gasteiger partial charge in [0.05, 0.1) is 0 Å². The lowest BCUT2D eigenvalue weighted by atomic mass is 10.4. The van der Waals surface area contributed by atoms with Crippen LogP contribution >= 0.6 is 11.6 Å². The molecule has 0 aromatic carbocycles. The zero-order valence-electron chi connectivity index (χ0n) is 13.5. The number of hydrogen-bond donors (Lipinski definition) is 0. The number of allylic oxidation sites excluding steroid dienone is 2. The molecule has 0 radical (unpaired) electrons. The highest BCUT2D eigenvalue weighted by atomic mass is 35.5. The predicted molar refractivity (Wildman–Crippen MR) is 95.6 cm³/mol. The first-order valence-electron chi connectivity index (χ1n) is 7.20. The van der Waals surface area contributed by atoms with E-state index in [0.29, 0.717) is 12.5 Å². The molecule has 7 heteroatoms. The van der Waals surface area contributed by atoms with Gasteiger partial charge in [0.2, 0.25) is 0 Å². The molecule has 0 N–H and O–H groups in total. The smallest absolute Gasteiger partial charge is 0.418 e. The molecule has 0 heterocycles. The van der Waals surface area contributed by atoms with Crippen LogP contribution in [0.2, 0.25) is 6.04 Å². The van der Waals surface area contributed by atoms with Crippen molar-refractivity contribution < 1.29 is 12.7 Å². The largest absolute Gasteiger partial charge is 0.479 e. The minimum Gasteiger partial charge on any atom is -0.418 e. The van der Waals surface area contributed by atoms with Crippen LogP contribution < -0.4 is 0 Å². The Bertz CT molecular complexity index is 292. The van der Waals surface area contributed by atoms with Crippen LogP contribution in [0.4, 0.5) is 0 Å². The first kappa shape index (κ1) is 20.3. The predicted octanol–water partition coefficient (Wildman–Crippen LogP) is 2.64. The molecule has 0 saturated carbocycles. The molecule has 0 aromatic heterocycles. The van der Waals surface area contributed by atoms with Gasteiger partial charge in [0.25, 0.3) is 0 Å². The first-order chi connectivity index (χ1) is 9.45. The van der Waals surface area contributed by atoms with Crippen molar-refractivity contribution in [1.82, 2.24) is 0 Å². The topological polar surface area (TPSA) is 27.7 Å². The summed E-state index contributed by atoms with van der Waals surface area (Å²) in [7, 11) is -3.96. The fourth-order valence-electron chi connectivity index (χ4n) is 1.52. The normalized spacial score (nSPS) is 14.9. The maximum Gasteiger partial charge on any atom is 0.479 e. The number of halogens is 1. The first-order valence-corrected chi connectivity index (χ1v) is 12.5. The van der Waals surface area contributed by atoms with Gasteiger partial charge in [0.1, 0.15) is 0 Å². The van der Waals surface area contributed by atoms with Crippen LogP contribution in [-0.4, -0.2) is 40.8 Å². The lowest BCUT2D eigenvalue weighted by molar-refractivity contribution is 0.181. The molecule has 0 unspecified atom stereocenters. The van der Waals surface area contributed by atoms with Crippen LogP contribution in [0.5, 0.6) is 0 Å². The summed E-state index contributed by atoms with van der Waals surface area (Å²) >= 11 is 5.83. The van der Waals surface area contributed by atoms with Crippen molar-refractivity contribution in [2.75, 3.05) is 12.5 Å². The molecular weight excluding hydrogens is 324 g/mol. The Morgan fingerprint density at radius 1 is 1.05 bits per heavy atom. The van der Waals surface area contributed by atoms with Crippen molar-refractivity contribution in [3.63, 3.8) is 0 Å². The summed E-state index contributed by atoms with van der Waals surface area (Å²) in [4.78, 5) is 0. The summed E-state index contributed by atoms with van der Waals surface area (Å²) < 4.78 is 18.3. The second-order valence-electron chi connectivity index (χ2n) is 5.09. The monoisotopic (exact) mass is 352 g/mol. The van der Waals surface area contributed by atoms with Gasteiger partial charge < -0.3 is 12.7 Å². The molecule has 118 valence electrons. The third-order valence-corrected chi connectivity index (χ3v) is 11.4. The molecule has 3 nitrogen and oxygen atoms in total. The van der Waals surface area contributed by atoms with Crippen molar-refractivity contribution >= 4 is 39.9 Å². The van der Waals surface area contributed by atoms with Crippen LogP contribution in [0, 0.1) is 0 Å². The van der Waals surface area contributed by atoms with Crippen LogP contribution in [0.15, 0.2) is 22.5 Å². The minimum atomic E-state index is -2.50. The number of alkyl halides is 1. The molecule has 0 bridgehead atoms. The van der Waals surface area contributed by atoms with Gasteiger partial charge in [-0.15, -0.1) is 11.6 Å². The van der Waals surface area contributed by atoms with Gasteiger partial charge in [-0.1, -0.05) is 22.5 Å². The second kappa shape index (κ2) is 11.9. The summed E-state index contributed by atoms with van der Waals surface area (Å²) in [5.74, 6) is 0.628. The Morgan fingerprint density at radius 3 is 1.90 bits per heavy atom. The lowest BCUT2D eigenvalue weighted by Gasteiger charge is -2.29. The molecule has 0 saturated heterocycles. The summed E-state index contributed by atoms with van der Waals surface area (Å²) in [5.41, 5.74) is 7.01. The van der Waals surface area contributed by atoms with E-state index >= 15 is 0 Å². The highest BCUT2D eigenvalue weighted by Gasteiger charge is 2.38. The summed E-state index contributed by atoms with van der Waals surface area (Å²) in [6.07, 6.45) is 0.889. The van der Waals surface area contributed by atoms with Crippen LogP contribution in [0.25, 0.3) is 0 Å². The van der Waals surface area contributed by atoms with Crippen molar-refractivity contribution in [1.29, 1.82) is 0 Å². The van der Waals surface area contributed by atoms with E-state index in [1.165, 1.54) is 11.1 Å². The molecule has 0 fully saturated rings. The van der Waals surface area contributed by atoms with Crippen molar-refractivity contribution in [2.45, 2.75) is 47.1 Å². The fourth-order valence-corrected chi connectivity index (χ4v) is 9.34. The Kier molecular flexibility index (Phi) is 12.1. The average Bonchev–Trinajstić information content (AvgIpc) is 2.35. The molecule has 0 aliphatic carbocycles. The molecular formula is C13H29ClO3Si3. The molecule has 0 aliphatic heterocycles. The Labute approximate surface area is 135 Å². The molecule has 20 heavy (non-hydrogen) atoms. The average molecular weight is 353 g/mol. The fraction of sp³-hybridized carbons (Fsp3) is 0.692. The van der Waals surface area contributed by atoms with Gasteiger partial charge in [0.15, 0.2) is 19.5 Å². The lowest BCUT2D eigenvalue weighted by Crippen LogP contribution is -2.47. The Hall–Kier alpha value is 0.301. The molecule has 0 spiro atoms. The van der Waals surface area contributed by atoms with E-state index in [1.54, 1.807) is 0 Å². The van der Waals surface area contributed by atoms with Gasteiger partial charge in [-0.25, -0.2) is 0 Å². The van der Waals surface area contributed by atoms with E-state index in [9.17, 15) is 0 Å². The highest BCUT2D eigenvalue weighted by Crippen LogP contribution is 2.18. The van der Waals surface area contributed by atoms with E-state index in [1.807, 2.05) is 6.92 Å². The number of hydrogen-bond acceptors (Lipinski definition) is 3. The van der Waals surface area contributed by atoms with Crippen molar-refractivity contribution in [3.8, 4) is 0 Å². The third kappa shape index (κ3) is 10.1. The summed E-state index contributed by atoms with van der Waals surface area (Å²) in [5, 5.41) is 0. The van der Waals surface area contributed by atoms with Crippen LogP contribution in [0.1, 0.15) is 41.0 Å². The van der Waals surface area contributed by atoms with E-state index < -0.39 is 28.3 Å². The number of rotatable bonds is 11. The van der Waals surface area contributed by atoms with Crippen LogP contribution in [-0.2, 0) is 12.7 Å².